The van der Waals surface area contributed by atoms with Crippen molar-refractivity contribution >= 4 is 13.8 Å². The van der Waals surface area contributed by atoms with Crippen LogP contribution in [0.4, 0.5) is 0 Å². The van der Waals surface area contributed by atoms with Gasteiger partial charge in [-0.05, 0) is 0 Å². The summed E-state index contributed by atoms with van der Waals surface area (Å²) in [7, 11) is 1.66. The molecule has 0 bridgehead atoms. The van der Waals surface area contributed by atoms with Crippen LogP contribution < -0.4 is 0 Å². The number of carbonyl (C=O) groups is 1. The van der Waals surface area contributed by atoms with Gasteiger partial charge in [0.1, 0.15) is 7.85 Å². The van der Waals surface area contributed by atoms with Gasteiger partial charge in [0.05, 0.1) is 0 Å². The summed E-state index contributed by atoms with van der Waals surface area (Å²) < 4.78 is 0. The Kier molecular flexibility index (Phi) is 2.21. The summed E-state index contributed by atoms with van der Waals surface area (Å²) in [4.78, 5) is 9.51. The highest BCUT2D eigenvalue weighted by Crippen LogP contribution is 1.61. The standard InChI is InChI=1S/C3H5BO2/c4-2-1-3(5)6/h1-2H,4H2,(H,5,6). The van der Waals surface area contributed by atoms with Crippen molar-refractivity contribution in [2.75, 3.05) is 0 Å². The second-order valence-corrected chi connectivity index (χ2v) is 0.838. The molecule has 0 amide bonds. The molecule has 6 heavy (non-hydrogen) atoms. The Morgan fingerprint density at radius 1 is 1.83 bits per heavy atom. The highest BCUT2D eigenvalue weighted by atomic mass is 16.4. The fourth-order valence-electron chi connectivity index (χ4n) is 0.143. The van der Waals surface area contributed by atoms with Crippen molar-refractivity contribution in [3.63, 3.8) is 0 Å². The lowest BCUT2D eigenvalue weighted by atomic mass is 10.1. The van der Waals surface area contributed by atoms with E-state index in [2.05, 4.69) is 0 Å². The summed E-state index contributed by atoms with van der Waals surface area (Å²) in [6.07, 6.45) is 1.08. The van der Waals surface area contributed by atoms with Crippen molar-refractivity contribution in [1.82, 2.24) is 0 Å². The average Bonchev–Trinajstić information content (AvgIpc) is 1.35. The smallest absolute Gasteiger partial charge is 0.327 e. The van der Waals surface area contributed by atoms with Crippen LogP contribution in [-0.4, -0.2) is 18.9 Å². The van der Waals surface area contributed by atoms with Gasteiger partial charge in [0.2, 0.25) is 0 Å². The number of carboxylic acid groups (broad SMARTS) is 1. The molecule has 0 saturated carbocycles. The van der Waals surface area contributed by atoms with Gasteiger partial charge in [0.25, 0.3) is 0 Å². The van der Waals surface area contributed by atoms with Crippen molar-refractivity contribution in [2.24, 2.45) is 0 Å². The van der Waals surface area contributed by atoms with E-state index in [0.717, 1.165) is 6.08 Å². The van der Waals surface area contributed by atoms with E-state index in [4.69, 9.17) is 5.11 Å². The Morgan fingerprint density at radius 2 is 2.33 bits per heavy atom. The van der Waals surface area contributed by atoms with Gasteiger partial charge in [-0.3, -0.25) is 0 Å². The zero-order chi connectivity index (χ0) is 4.99. The summed E-state index contributed by atoms with van der Waals surface area (Å²) in [6.45, 7) is 0. The van der Waals surface area contributed by atoms with Crippen LogP contribution in [-0.2, 0) is 4.79 Å². The van der Waals surface area contributed by atoms with E-state index in [0.29, 0.717) is 0 Å². The Labute approximate surface area is 36.9 Å². The number of hydrogen-bond donors (Lipinski definition) is 1. The first-order valence-electron chi connectivity index (χ1n) is 1.63. The molecule has 0 fully saturated rings. The Hall–Kier alpha value is -0.725. The highest BCUT2D eigenvalue weighted by Gasteiger charge is 1.76. The zero-order valence-corrected chi connectivity index (χ0v) is 3.51. The quantitative estimate of drug-likeness (QED) is 0.334. The molecular formula is C3H5BO2. The SMILES string of the molecule is BC=CC(=O)O. The first-order valence-corrected chi connectivity index (χ1v) is 1.63. The molecule has 0 saturated heterocycles. The second kappa shape index (κ2) is 2.51. The molecule has 0 rings (SSSR count). The van der Waals surface area contributed by atoms with Crippen LogP contribution in [0.2, 0.25) is 0 Å². The molecule has 0 aromatic carbocycles. The molecule has 0 aromatic rings. The molecule has 1 N–H and O–H groups in total. The molecule has 3 heteroatoms. The minimum atomic E-state index is -0.891. The summed E-state index contributed by atoms with van der Waals surface area (Å²) >= 11 is 0. The lowest BCUT2D eigenvalue weighted by molar-refractivity contribution is -0.131. The van der Waals surface area contributed by atoms with E-state index < -0.39 is 5.97 Å². The maximum atomic E-state index is 9.51. The van der Waals surface area contributed by atoms with Crippen molar-refractivity contribution in [3.8, 4) is 0 Å². The van der Waals surface area contributed by atoms with Crippen LogP contribution in [0, 0.1) is 0 Å². The topological polar surface area (TPSA) is 37.3 Å². The third kappa shape index (κ3) is 3.27. The summed E-state index contributed by atoms with van der Waals surface area (Å²) in [6, 6.07) is 0. The number of rotatable bonds is 1. The molecule has 0 aliphatic heterocycles. The van der Waals surface area contributed by atoms with Gasteiger partial charge in [-0.1, -0.05) is 0 Å². The molecule has 0 atom stereocenters. The highest BCUT2D eigenvalue weighted by molar-refractivity contribution is 6.18. The van der Waals surface area contributed by atoms with E-state index in [1.54, 1.807) is 7.85 Å². The van der Waals surface area contributed by atoms with Gasteiger partial charge >= 0.3 is 5.97 Å². The minimum absolute atomic E-state index is 0.891. The normalized spacial score (nSPS) is 9.33. The van der Waals surface area contributed by atoms with Crippen molar-refractivity contribution in [1.29, 1.82) is 0 Å². The van der Waals surface area contributed by atoms with Crippen LogP contribution in [0.1, 0.15) is 0 Å². The predicted octanol–water partition coefficient (Wildman–Crippen LogP) is -0.782. The molecule has 32 valence electrons. The zero-order valence-electron chi connectivity index (χ0n) is 3.51. The van der Waals surface area contributed by atoms with Crippen LogP contribution >= 0.6 is 0 Å². The van der Waals surface area contributed by atoms with E-state index in [9.17, 15) is 4.79 Å². The Bertz CT molecular complexity index is 76.9. The third-order valence-electron chi connectivity index (χ3n) is 0.309. The minimum Gasteiger partial charge on any atom is -0.478 e. The largest absolute Gasteiger partial charge is 0.478 e. The maximum absolute atomic E-state index is 9.51. The van der Waals surface area contributed by atoms with Crippen LogP contribution in [0.25, 0.3) is 0 Å². The molecule has 0 aromatic heterocycles. The first kappa shape index (κ1) is 5.27. The van der Waals surface area contributed by atoms with Gasteiger partial charge in [0.15, 0.2) is 0 Å². The van der Waals surface area contributed by atoms with Gasteiger partial charge in [-0.15, -0.1) is 5.98 Å². The van der Waals surface area contributed by atoms with Gasteiger partial charge in [-0.25, -0.2) is 4.79 Å². The lowest BCUT2D eigenvalue weighted by Crippen LogP contribution is -1.84. The van der Waals surface area contributed by atoms with Crippen molar-refractivity contribution < 1.29 is 9.90 Å². The molecule has 0 aliphatic rings. The number of carboxylic acids is 1. The first-order chi connectivity index (χ1) is 2.77. The molecule has 0 aliphatic carbocycles. The van der Waals surface area contributed by atoms with Crippen LogP contribution in [0.5, 0.6) is 0 Å². The van der Waals surface area contributed by atoms with Crippen LogP contribution in [0.3, 0.4) is 0 Å². The van der Waals surface area contributed by atoms with Crippen molar-refractivity contribution in [2.45, 2.75) is 0 Å². The average molecular weight is 83.9 g/mol. The Morgan fingerprint density at radius 3 is 2.33 bits per heavy atom. The van der Waals surface area contributed by atoms with E-state index in [1.165, 1.54) is 5.98 Å². The summed E-state index contributed by atoms with van der Waals surface area (Å²) in [5, 5.41) is 7.83. The fourth-order valence-corrected chi connectivity index (χ4v) is 0.143. The van der Waals surface area contributed by atoms with Gasteiger partial charge in [0, 0.05) is 6.08 Å². The summed E-state index contributed by atoms with van der Waals surface area (Å²) in [5.41, 5.74) is 0. The Balaban J connectivity index is 3.30. The van der Waals surface area contributed by atoms with E-state index in [1.807, 2.05) is 0 Å². The van der Waals surface area contributed by atoms with Crippen molar-refractivity contribution in [3.05, 3.63) is 12.1 Å². The lowest BCUT2D eigenvalue weighted by Gasteiger charge is -1.68. The monoisotopic (exact) mass is 84.0 g/mol. The third-order valence-corrected chi connectivity index (χ3v) is 0.309. The molecule has 0 spiro atoms. The molecule has 0 heterocycles. The van der Waals surface area contributed by atoms with E-state index in [-0.39, 0.29) is 0 Å². The second-order valence-electron chi connectivity index (χ2n) is 0.838. The van der Waals surface area contributed by atoms with Gasteiger partial charge in [-0.2, -0.15) is 0 Å². The van der Waals surface area contributed by atoms with E-state index >= 15 is 0 Å². The molecule has 0 unspecified atom stereocenters. The predicted molar refractivity (Wildman–Crippen MR) is 25.3 cm³/mol. The molecular weight excluding hydrogens is 78.8 g/mol. The maximum Gasteiger partial charge on any atom is 0.327 e. The number of hydrogen-bond acceptors (Lipinski definition) is 1. The fraction of sp³-hybridized carbons (Fsp3) is 0. The van der Waals surface area contributed by atoms with Gasteiger partial charge < -0.3 is 5.11 Å². The summed E-state index contributed by atoms with van der Waals surface area (Å²) in [5.74, 6) is 0.583. The molecule has 0 radical (unpaired) electrons. The molecule has 2 nitrogen and oxygen atoms in total. The number of aliphatic carboxylic acids is 1. The van der Waals surface area contributed by atoms with Crippen LogP contribution in [0.15, 0.2) is 12.1 Å².